The summed E-state index contributed by atoms with van der Waals surface area (Å²) in [6.45, 7) is 4.06. The van der Waals surface area contributed by atoms with E-state index < -0.39 is 5.82 Å². The Bertz CT molecular complexity index is 1360. The molecule has 1 fully saturated rings. The summed E-state index contributed by atoms with van der Waals surface area (Å²) in [5.41, 5.74) is 2.11. The maximum Gasteiger partial charge on any atom is 0.258 e. The molecule has 1 atom stereocenters. The van der Waals surface area contributed by atoms with Crippen molar-refractivity contribution in [2.45, 2.75) is 38.1 Å². The molecule has 7 nitrogen and oxygen atoms in total. The first kappa shape index (κ1) is 24.0. The van der Waals surface area contributed by atoms with Crippen molar-refractivity contribution in [3.05, 3.63) is 67.4 Å². The summed E-state index contributed by atoms with van der Waals surface area (Å²) in [6, 6.07) is 6.01. The Kier molecular flexibility index (Phi) is 6.70. The molecule has 1 aromatic heterocycles. The van der Waals surface area contributed by atoms with Crippen LogP contribution in [0.3, 0.4) is 0 Å². The van der Waals surface area contributed by atoms with Crippen molar-refractivity contribution in [3.8, 4) is 0 Å². The zero-order valence-electron chi connectivity index (χ0n) is 19.3. The predicted molar refractivity (Wildman–Crippen MR) is 136 cm³/mol. The number of nitrogens with one attached hydrogen (secondary N) is 3. The molecule has 0 bridgehead atoms. The molecule has 2 aliphatic rings. The van der Waals surface area contributed by atoms with Gasteiger partial charge >= 0.3 is 0 Å². The molecule has 2 aliphatic heterocycles. The number of rotatable bonds is 4. The van der Waals surface area contributed by atoms with Gasteiger partial charge in [0.2, 0.25) is 5.91 Å². The Labute approximate surface area is 212 Å². The Balaban J connectivity index is 1.35. The van der Waals surface area contributed by atoms with Crippen LogP contribution in [0.1, 0.15) is 48.7 Å². The van der Waals surface area contributed by atoms with Gasteiger partial charge in [0.1, 0.15) is 11.6 Å². The third kappa shape index (κ3) is 4.75. The lowest BCUT2D eigenvalue weighted by Crippen LogP contribution is -2.42. The number of carbonyl (C=O) groups is 1. The average Bonchev–Trinajstić information content (AvgIpc) is 2.83. The summed E-state index contributed by atoms with van der Waals surface area (Å²) in [7, 11) is 0. The van der Waals surface area contributed by atoms with Gasteiger partial charge in [-0.05, 0) is 74.7 Å². The van der Waals surface area contributed by atoms with Gasteiger partial charge in [-0.25, -0.2) is 9.37 Å². The van der Waals surface area contributed by atoms with E-state index >= 15 is 0 Å². The Morgan fingerprint density at radius 1 is 1.23 bits per heavy atom. The van der Waals surface area contributed by atoms with Gasteiger partial charge in [0, 0.05) is 22.5 Å². The minimum atomic E-state index is -0.609. The molecular formula is C25H26Cl2FN5O2. The van der Waals surface area contributed by atoms with E-state index in [4.69, 9.17) is 23.2 Å². The first-order valence-corrected chi connectivity index (χ1v) is 12.5. The van der Waals surface area contributed by atoms with Crippen LogP contribution in [0.2, 0.25) is 10.0 Å². The van der Waals surface area contributed by atoms with Crippen LogP contribution < -0.4 is 16.2 Å². The lowest BCUT2D eigenvalue weighted by molar-refractivity contribution is -0.131. The summed E-state index contributed by atoms with van der Waals surface area (Å²) in [5.74, 6) is -0.0122. The molecule has 1 unspecified atom stereocenters. The Morgan fingerprint density at radius 2 is 2.00 bits per heavy atom. The minimum absolute atomic E-state index is 0.0996. The maximum atomic E-state index is 14.8. The fourth-order valence-corrected chi connectivity index (χ4v) is 5.81. The molecule has 0 spiro atoms. The van der Waals surface area contributed by atoms with Crippen LogP contribution in [0.25, 0.3) is 10.9 Å². The summed E-state index contributed by atoms with van der Waals surface area (Å²) >= 11 is 12.5. The van der Waals surface area contributed by atoms with Crippen molar-refractivity contribution in [2.24, 2.45) is 0 Å². The quantitative estimate of drug-likeness (QED) is 0.477. The third-order valence-electron chi connectivity index (χ3n) is 6.98. The summed E-state index contributed by atoms with van der Waals surface area (Å²) in [4.78, 5) is 34.8. The second kappa shape index (κ2) is 9.76. The van der Waals surface area contributed by atoms with E-state index in [0.717, 1.165) is 37.1 Å². The lowest BCUT2D eigenvalue weighted by atomic mass is 9.93. The Hall–Kier alpha value is -2.68. The van der Waals surface area contributed by atoms with Crippen LogP contribution in [0, 0.1) is 5.82 Å². The number of carbonyl (C=O) groups excluding carboxylic acids is 1. The summed E-state index contributed by atoms with van der Waals surface area (Å²) in [6.07, 6.45) is 2.40. The van der Waals surface area contributed by atoms with Gasteiger partial charge in [-0.3, -0.25) is 9.59 Å². The lowest BCUT2D eigenvalue weighted by Gasteiger charge is -2.36. The molecule has 0 aliphatic carbocycles. The molecule has 0 radical (unpaired) electrons. The van der Waals surface area contributed by atoms with Gasteiger partial charge in [-0.1, -0.05) is 23.2 Å². The number of nitrogens with zero attached hydrogens (tertiary/aromatic N) is 2. The Morgan fingerprint density at radius 3 is 2.77 bits per heavy atom. The number of hydrogen-bond acceptors (Lipinski definition) is 5. The highest BCUT2D eigenvalue weighted by molar-refractivity contribution is 6.35. The second-order valence-electron chi connectivity index (χ2n) is 9.15. The van der Waals surface area contributed by atoms with E-state index in [9.17, 15) is 14.0 Å². The summed E-state index contributed by atoms with van der Waals surface area (Å²) < 4.78 is 14.8. The monoisotopic (exact) mass is 517 g/mol. The van der Waals surface area contributed by atoms with E-state index in [1.54, 1.807) is 11.0 Å². The fourth-order valence-electron chi connectivity index (χ4n) is 5.12. The average molecular weight is 518 g/mol. The van der Waals surface area contributed by atoms with Crippen molar-refractivity contribution in [1.29, 1.82) is 0 Å². The number of piperidine rings is 1. The van der Waals surface area contributed by atoms with Gasteiger partial charge < -0.3 is 20.5 Å². The second-order valence-corrected chi connectivity index (χ2v) is 10.00. The fraction of sp³-hybridized carbons (Fsp3) is 0.400. The molecule has 3 N–H and O–H groups in total. The number of amides is 1. The van der Waals surface area contributed by atoms with Crippen LogP contribution in [-0.4, -0.2) is 47.0 Å². The van der Waals surface area contributed by atoms with Crippen molar-refractivity contribution >= 4 is 45.7 Å². The molecule has 0 saturated carbocycles. The van der Waals surface area contributed by atoms with Gasteiger partial charge in [0.05, 0.1) is 29.2 Å². The highest BCUT2D eigenvalue weighted by atomic mass is 35.5. The standard InChI is InChI=1S/C25H26Cl2FN5O2/c1-13-23-15(8-16(26)9-18(23)27)4-7-33(13)22(34)12-30-21-11-20-17(10-19(21)28)25(35)32-24(31-20)14-2-5-29-6-3-14/h8-11,13-14,29-30H,2-7,12H2,1H3,(H,31,32,35). The number of aromatic amines is 1. The minimum Gasteiger partial charge on any atom is -0.374 e. The van der Waals surface area contributed by atoms with Crippen molar-refractivity contribution in [2.75, 3.05) is 31.5 Å². The molecule has 35 heavy (non-hydrogen) atoms. The summed E-state index contributed by atoms with van der Waals surface area (Å²) in [5, 5.41) is 7.49. The molecule has 5 rings (SSSR count). The van der Waals surface area contributed by atoms with Crippen molar-refractivity contribution < 1.29 is 9.18 Å². The van der Waals surface area contributed by atoms with E-state index in [0.29, 0.717) is 34.4 Å². The van der Waals surface area contributed by atoms with Gasteiger partial charge in [0.15, 0.2) is 0 Å². The zero-order chi connectivity index (χ0) is 24.7. The van der Waals surface area contributed by atoms with Gasteiger partial charge in [-0.15, -0.1) is 0 Å². The molecule has 10 heteroatoms. The van der Waals surface area contributed by atoms with Crippen LogP contribution in [0.15, 0.2) is 29.1 Å². The number of H-pyrrole nitrogens is 1. The zero-order valence-corrected chi connectivity index (χ0v) is 20.8. The number of fused-ring (bicyclic) bond motifs is 2. The van der Waals surface area contributed by atoms with E-state index in [1.165, 1.54) is 12.1 Å². The number of anilines is 1. The smallest absolute Gasteiger partial charge is 0.258 e. The number of hydrogen-bond donors (Lipinski definition) is 3. The van der Waals surface area contributed by atoms with Crippen LogP contribution in [0.5, 0.6) is 0 Å². The molecular weight excluding hydrogens is 492 g/mol. The topological polar surface area (TPSA) is 90.1 Å². The van der Waals surface area contributed by atoms with Crippen LogP contribution >= 0.6 is 23.2 Å². The predicted octanol–water partition coefficient (Wildman–Crippen LogP) is 4.39. The first-order valence-electron chi connectivity index (χ1n) is 11.8. The molecule has 3 heterocycles. The van der Waals surface area contributed by atoms with Crippen molar-refractivity contribution in [3.63, 3.8) is 0 Å². The largest absolute Gasteiger partial charge is 0.374 e. The van der Waals surface area contributed by atoms with E-state index in [1.807, 2.05) is 13.0 Å². The molecule has 1 saturated heterocycles. The number of halogens is 3. The van der Waals surface area contributed by atoms with Crippen LogP contribution in [-0.2, 0) is 11.2 Å². The van der Waals surface area contributed by atoms with E-state index in [-0.39, 0.29) is 41.0 Å². The highest BCUT2D eigenvalue weighted by Crippen LogP contribution is 2.37. The normalized spacial score (nSPS) is 18.5. The van der Waals surface area contributed by atoms with E-state index in [2.05, 4.69) is 20.6 Å². The molecule has 1 amide bonds. The molecule has 2 aromatic carbocycles. The number of benzene rings is 2. The maximum absolute atomic E-state index is 14.8. The van der Waals surface area contributed by atoms with Gasteiger partial charge in [0.25, 0.3) is 5.56 Å². The first-order chi connectivity index (χ1) is 16.8. The SMILES string of the molecule is CC1c2c(Cl)cc(Cl)cc2CCN1C(=O)CNc1cc2nc(C3CCNCC3)[nH]c(=O)c2cc1F. The highest BCUT2D eigenvalue weighted by Gasteiger charge is 2.29. The third-order valence-corrected chi connectivity index (χ3v) is 7.51. The van der Waals surface area contributed by atoms with Gasteiger partial charge in [-0.2, -0.15) is 0 Å². The van der Waals surface area contributed by atoms with Crippen LogP contribution in [0.4, 0.5) is 10.1 Å². The number of aromatic nitrogens is 2. The molecule has 184 valence electrons. The van der Waals surface area contributed by atoms with Crippen molar-refractivity contribution in [1.82, 2.24) is 20.2 Å². The molecule has 3 aromatic rings.